The van der Waals surface area contributed by atoms with Crippen LogP contribution in [0.4, 0.5) is 0 Å². The maximum atomic E-state index is 15.0. The van der Waals surface area contributed by atoms with Gasteiger partial charge in [0, 0.05) is 5.56 Å². The van der Waals surface area contributed by atoms with Gasteiger partial charge in [0.15, 0.2) is 33.9 Å². The molecule has 0 aliphatic heterocycles. The molecule has 0 fully saturated rings. The molecule has 248 valence electrons. The zero-order chi connectivity index (χ0) is 35.6. The lowest BCUT2D eigenvalue weighted by molar-refractivity contribution is 0.0732. The maximum Gasteiger partial charge on any atom is 0.363 e. The van der Waals surface area contributed by atoms with E-state index >= 15 is 4.79 Å². The Bertz CT molecular complexity index is 2760. The molecule has 0 amide bonds. The molecule has 0 aliphatic rings. The van der Waals surface area contributed by atoms with Crippen LogP contribution in [0.3, 0.4) is 0 Å². The molecule has 0 saturated carbocycles. The number of para-hydroxylation sites is 4. The van der Waals surface area contributed by atoms with Gasteiger partial charge in [-0.2, -0.15) is 0 Å². The van der Waals surface area contributed by atoms with E-state index in [9.17, 15) is 19.2 Å². The Labute approximate surface area is 284 Å². The van der Waals surface area contributed by atoms with Crippen molar-refractivity contribution in [2.24, 2.45) is 0 Å². The minimum absolute atomic E-state index is 0.0494. The van der Waals surface area contributed by atoms with E-state index in [1.54, 1.807) is 88.4 Å². The van der Waals surface area contributed by atoms with Crippen LogP contribution in [0.25, 0.3) is 39.0 Å². The zero-order valence-electron chi connectivity index (χ0n) is 28.1. The van der Waals surface area contributed by atoms with Gasteiger partial charge in [0.2, 0.25) is 0 Å². The topological polar surface area (TPSA) is 138 Å². The molecule has 0 radical (unpaired) electrons. The number of fused-ring (bicyclic) bond motifs is 4. The molecule has 3 heterocycles. The highest BCUT2D eigenvalue weighted by Gasteiger charge is 2.34. The Morgan fingerprint density at radius 2 is 1.20 bits per heavy atom. The third kappa shape index (κ3) is 5.13. The molecule has 0 N–H and O–H groups in total. The van der Waals surface area contributed by atoms with Gasteiger partial charge in [-0.1, -0.05) is 59.7 Å². The summed E-state index contributed by atoms with van der Waals surface area (Å²) in [5.41, 5.74) is 0.139. The summed E-state index contributed by atoms with van der Waals surface area (Å²) in [5, 5.41) is 0. The minimum Gasteiger partial charge on any atom is -0.421 e. The predicted octanol–water partition coefficient (Wildman–Crippen LogP) is 6.88. The first-order valence-corrected chi connectivity index (χ1v) is 15.8. The van der Waals surface area contributed by atoms with E-state index in [4.69, 9.17) is 13.6 Å². The van der Waals surface area contributed by atoms with Gasteiger partial charge in [-0.05, 0) is 88.1 Å². The standard InChI is InChI=1S/C40H30N2O8/c1-19-15-21(3)29(22(4)16-19)35(43)32-34-40(47)49-28-14-10-8-12-26(28)42(34)37(44)31(33-39(46)48-27-13-9-7-11-25(27)41-33)36(32)50-38(45)30-23(5)17-20(2)18-24(30)6/h7-18H,1-6H3. The van der Waals surface area contributed by atoms with Crippen LogP contribution in [0.1, 0.15) is 59.7 Å². The van der Waals surface area contributed by atoms with Crippen LogP contribution in [-0.4, -0.2) is 21.1 Å². The Balaban J connectivity index is 1.70. The number of esters is 1. The lowest BCUT2D eigenvalue weighted by atomic mass is 9.91. The number of rotatable bonds is 5. The van der Waals surface area contributed by atoms with E-state index in [0.29, 0.717) is 22.3 Å². The smallest absolute Gasteiger partial charge is 0.363 e. The van der Waals surface area contributed by atoms with Gasteiger partial charge in [-0.3, -0.25) is 14.0 Å². The highest BCUT2D eigenvalue weighted by molar-refractivity contribution is 6.18. The molecular formula is C40H30N2O8. The molecule has 0 bridgehead atoms. The van der Waals surface area contributed by atoms with Crippen LogP contribution in [0.5, 0.6) is 5.75 Å². The molecule has 0 saturated heterocycles. The zero-order valence-corrected chi connectivity index (χ0v) is 28.1. The fraction of sp³-hybridized carbons (Fsp3) is 0.150. The van der Waals surface area contributed by atoms with Crippen molar-refractivity contribution in [1.29, 1.82) is 0 Å². The summed E-state index contributed by atoms with van der Waals surface area (Å²) in [6, 6.07) is 19.9. The van der Waals surface area contributed by atoms with Crippen molar-refractivity contribution in [3.63, 3.8) is 0 Å². The molecule has 4 aromatic carbocycles. The molecule has 3 aromatic heterocycles. The molecule has 0 unspecified atom stereocenters. The first kappa shape index (κ1) is 32.1. The lowest BCUT2D eigenvalue weighted by Gasteiger charge is -2.19. The summed E-state index contributed by atoms with van der Waals surface area (Å²) in [7, 11) is 0. The number of hydrogen-bond donors (Lipinski definition) is 0. The SMILES string of the molecule is Cc1cc(C)c(C(=O)Oc2c(-c3nc4ccccc4oc3=O)c(=O)n3c(c2C(=O)c2c(C)cc(C)cc2C)c(=O)oc2ccccc23)c(C)c1. The number of carbonyl (C=O) groups is 2. The van der Waals surface area contributed by atoms with Gasteiger partial charge in [0.1, 0.15) is 11.1 Å². The molecule has 7 rings (SSSR count). The van der Waals surface area contributed by atoms with Crippen molar-refractivity contribution in [1.82, 2.24) is 9.38 Å². The van der Waals surface area contributed by atoms with Crippen LogP contribution >= 0.6 is 0 Å². The summed E-state index contributed by atoms with van der Waals surface area (Å²) < 4.78 is 18.4. The molecule has 7 aromatic rings. The Kier molecular flexibility index (Phi) is 7.66. The van der Waals surface area contributed by atoms with Crippen molar-refractivity contribution >= 4 is 39.5 Å². The number of aromatic nitrogens is 2. The first-order chi connectivity index (χ1) is 23.8. The van der Waals surface area contributed by atoms with Crippen molar-refractivity contribution < 1.29 is 23.2 Å². The predicted molar refractivity (Wildman–Crippen MR) is 189 cm³/mol. The van der Waals surface area contributed by atoms with Gasteiger partial charge in [0.05, 0.1) is 16.6 Å². The minimum atomic E-state index is -1.03. The summed E-state index contributed by atoms with van der Waals surface area (Å²) in [6.45, 7) is 10.7. The highest BCUT2D eigenvalue weighted by Crippen LogP contribution is 2.36. The monoisotopic (exact) mass is 666 g/mol. The number of benzene rings is 4. The van der Waals surface area contributed by atoms with Gasteiger partial charge >= 0.3 is 17.2 Å². The van der Waals surface area contributed by atoms with E-state index in [1.165, 1.54) is 12.1 Å². The van der Waals surface area contributed by atoms with Crippen LogP contribution in [0, 0.1) is 41.5 Å². The molecule has 0 aliphatic carbocycles. The Hall–Kier alpha value is -6.42. The number of ether oxygens (including phenoxy) is 1. The second-order valence-electron chi connectivity index (χ2n) is 12.5. The average molecular weight is 667 g/mol. The third-order valence-electron chi connectivity index (χ3n) is 8.77. The fourth-order valence-corrected chi connectivity index (χ4v) is 6.89. The normalized spacial score (nSPS) is 11.4. The Morgan fingerprint density at radius 3 is 1.84 bits per heavy atom. The first-order valence-electron chi connectivity index (χ1n) is 15.8. The van der Waals surface area contributed by atoms with Gasteiger partial charge < -0.3 is 13.6 Å². The van der Waals surface area contributed by atoms with Crippen LogP contribution in [-0.2, 0) is 0 Å². The van der Waals surface area contributed by atoms with Gasteiger partial charge in [0.25, 0.3) is 5.56 Å². The lowest BCUT2D eigenvalue weighted by Crippen LogP contribution is -2.29. The van der Waals surface area contributed by atoms with Crippen LogP contribution in [0.15, 0.2) is 96.0 Å². The van der Waals surface area contributed by atoms with Crippen molar-refractivity contribution in [2.75, 3.05) is 0 Å². The van der Waals surface area contributed by atoms with Gasteiger partial charge in [-0.15, -0.1) is 0 Å². The Morgan fingerprint density at radius 1 is 0.660 bits per heavy atom. The maximum absolute atomic E-state index is 15.0. The molecule has 0 atom stereocenters. The van der Waals surface area contributed by atoms with Gasteiger partial charge in [-0.25, -0.2) is 19.4 Å². The third-order valence-corrected chi connectivity index (χ3v) is 8.77. The molecule has 10 nitrogen and oxygen atoms in total. The number of ketones is 1. The van der Waals surface area contributed by atoms with E-state index in [0.717, 1.165) is 15.5 Å². The number of pyridine rings is 1. The highest BCUT2D eigenvalue weighted by atomic mass is 16.5. The summed E-state index contributed by atoms with van der Waals surface area (Å²) >= 11 is 0. The number of carbonyl (C=O) groups excluding carboxylic acids is 2. The summed E-state index contributed by atoms with van der Waals surface area (Å²) in [6.07, 6.45) is 0. The van der Waals surface area contributed by atoms with Crippen molar-refractivity contribution in [2.45, 2.75) is 41.5 Å². The largest absolute Gasteiger partial charge is 0.421 e. The van der Waals surface area contributed by atoms with Crippen LogP contribution < -0.4 is 21.5 Å². The fourth-order valence-electron chi connectivity index (χ4n) is 6.89. The molecular weight excluding hydrogens is 636 g/mol. The number of hydrogen-bond acceptors (Lipinski definition) is 9. The molecule has 10 heteroatoms. The van der Waals surface area contributed by atoms with E-state index in [1.807, 2.05) is 13.8 Å². The molecule has 50 heavy (non-hydrogen) atoms. The summed E-state index contributed by atoms with van der Waals surface area (Å²) in [5.74, 6) is -2.25. The van der Waals surface area contributed by atoms with Crippen molar-refractivity contribution in [3.05, 3.63) is 154 Å². The van der Waals surface area contributed by atoms with E-state index in [2.05, 4.69) is 4.98 Å². The summed E-state index contributed by atoms with van der Waals surface area (Å²) in [4.78, 5) is 76.2. The second-order valence-corrected chi connectivity index (χ2v) is 12.5. The second kappa shape index (κ2) is 11.9. The van der Waals surface area contributed by atoms with E-state index < -0.39 is 56.7 Å². The van der Waals surface area contributed by atoms with Crippen molar-refractivity contribution in [3.8, 4) is 17.0 Å². The number of nitrogens with zero attached hydrogens (tertiary/aromatic N) is 2. The average Bonchev–Trinajstić information content (AvgIpc) is 3.04. The number of aryl methyl sites for hydroxylation is 6. The van der Waals surface area contributed by atoms with E-state index in [-0.39, 0.29) is 33.3 Å². The molecule has 0 spiro atoms. The van der Waals surface area contributed by atoms with Crippen LogP contribution in [0.2, 0.25) is 0 Å². The quantitative estimate of drug-likeness (QED) is 0.109.